The minimum Gasteiger partial charge on any atom is -0.411 e. The standard InChI is InChI=1S/C18H13ClN4O2S/c1-11-2-4-12(5-3-11)17-22-23-18(25-17)26-10-16(24)21-14-7-6-13(9-20)15(19)8-14/h2-8H,10H2,1H3,(H,21,24). The zero-order valence-corrected chi connectivity index (χ0v) is 15.3. The molecule has 0 aliphatic heterocycles. The number of hydrogen-bond donors (Lipinski definition) is 1. The van der Waals surface area contributed by atoms with Crippen molar-refractivity contribution >= 4 is 35.0 Å². The quantitative estimate of drug-likeness (QED) is 0.659. The minimum atomic E-state index is -0.245. The van der Waals surface area contributed by atoms with Crippen LogP contribution in [0.2, 0.25) is 5.02 Å². The van der Waals surface area contributed by atoms with Crippen molar-refractivity contribution in [3.8, 4) is 17.5 Å². The zero-order chi connectivity index (χ0) is 18.5. The van der Waals surface area contributed by atoms with Crippen molar-refractivity contribution in [1.29, 1.82) is 5.26 Å². The van der Waals surface area contributed by atoms with Crippen molar-refractivity contribution in [3.05, 3.63) is 58.6 Å². The normalized spacial score (nSPS) is 10.3. The maximum atomic E-state index is 12.0. The predicted octanol–water partition coefficient (Wildman–Crippen LogP) is 4.30. The van der Waals surface area contributed by atoms with Crippen LogP contribution in [0.25, 0.3) is 11.5 Å². The second kappa shape index (κ2) is 8.04. The van der Waals surface area contributed by atoms with E-state index in [1.807, 2.05) is 37.3 Å². The molecular formula is C18H13ClN4O2S. The molecule has 6 nitrogen and oxygen atoms in total. The molecule has 0 aliphatic rings. The molecular weight excluding hydrogens is 372 g/mol. The van der Waals surface area contributed by atoms with Gasteiger partial charge in [0, 0.05) is 11.3 Å². The number of nitrogens with one attached hydrogen (secondary N) is 1. The molecule has 3 rings (SSSR count). The van der Waals surface area contributed by atoms with Gasteiger partial charge in [-0.1, -0.05) is 41.1 Å². The molecule has 1 aromatic heterocycles. The number of nitrogens with zero attached hydrogens (tertiary/aromatic N) is 3. The van der Waals surface area contributed by atoms with Crippen LogP contribution in [-0.4, -0.2) is 21.9 Å². The summed E-state index contributed by atoms with van der Waals surface area (Å²) >= 11 is 7.08. The average molecular weight is 385 g/mol. The molecule has 0 radical (unpaired) electrons. The second-order valence-corrected chi connectivity index (χ2v) is 6.72. The average Bonchev–Trinajstić information content (AvgIpc) is 3.10. The molecule has 0 spiro atoms. The minimum absolute atomic E-state index is 0.104. The molecule has 0 unspecified atom stereocenters. The summed E-state index contributed by atoms with van der Waals surface area (Å²) in [6, 6.07) is 14.4. The molecule has 0 bridgehead atoms. The number of benzene rings is 2. The van der Waals surface area contributed by atoms with Crippen molar-refractivity contribution in [1.82, 2.24) is 10.2 Å². The van der Waals surface area contributed by atoms with Gasteiger partial charge in [-0.3, -0.25) is 4.79 Å². The van der Waals surface area contributed by atoms with Crippen LogP contribution >= 0.6 is 23.4 Å². The zero-order valence-electron chi connectivity index (χ0n) is 13.7. The van der Waals surface area contributed by atoms with Gasteiger partial charge in [0.05, 0.1) is 16.3 Å². The monoisotopic (exact) mass is 384 g/mol. The first-order valence-corrected chi connectivity index (χ1v) is 8.94. The SMILES string of the molecule is Cc1ccc(-c2nnc(SCC(=O)Nc3ccc(C#N)c(Cl)c3)o2)cc1. The van der Waals surface area contributed by atoms with Gasteiger partial charge in [0.25, 0.3) is 5.22 Å². The molecule has 1 N–H and O–H groups in total. The highest BCUT2D eigenvalue weighted by Gasteiger charge is 2.12. The Morgan fingerprint density at radius 2 is 2.04 bits per heavy atom. The molecule has 26 heavy (non-hydrogen) atoms. The highest BCUT2D eigenvalue weighted by atomic mass is 35.5. The summed E-state index contributed by atoms with van der Waals surface area (Å²) in [7, 11) is 0. The number of rotatable bonds is 5. The van der Waals surface area contributed by atoms with Crippen LogP contribution in [0, 0.1) is 18.3 Å². The van der Waals surface area contributed by atoms with Crippen molar-refractivity contribution in [3.63, 3.8) is 0 Å². The number of amides is 1. The summed E-state index contributed by atoms with van der Waals surface area (Å²) in [5.41, 5.74) is 2.84. The number of carbonyl (C=O) groups excluding carboxylic acids is 1. The highest BCUT2D eigenvalue weighted by molar-refractivity contribution is 7.99. The van der Waals surface area contributed by atoms with Crippen molar-refractivity contribution in [2.24, 2.45) is 0 Å². The lowest BCUT2D eigenvalue weighted by molar-refractivity contribution is -0.113. The number of anilines is 1. The highest BCUT2D eigenvalue weighted by Crippen LogP contribution is 2.24. The van der Waals surface area contributed by atoms with Crippen LogP contribution in [0.1, 0.15) is 11.1 Å². The molecule has 0 fully saturated rings. The Balaban J connectivity index is 1.57. The fraction of sp³-hybridized carbons (Fsp3) is 0.111. The Labute approximate surface area is 159 Å². The summed E-state index contributed by atoms with van der Waals surface area (Å²) in [4.78, 5) is 12.0. The van der Waals surface area contributed by atoms with E-state index in [-0.39, 0.29) is 16.7 Å². The van der Waals surface area contributed by atoms with Gasteiger partial charge in [0.2, 0.25) is 11.8 Å². The Morgan fingerprint density at radius 3 is 2.73 bits per heavy atom. The van der Waals surface area contributed by atoms with Gasteiger partial charge in [0.1, 0.15) is 6.07 Å². The van der Waals surface area contributed by atoms with Crippen LogP contribution in [0.5, 0.6) is 0 Å². The summed E-state index contributed by atoms with van der Waals surface area (Å²) in [6.45, 7) is 2.00. The molecule has 3 aromatic rings. The first kappa shape index (κ1) is 18.0. The first-order valence-electron chi connectivity index (χ1n) is 7.58. The van der Waals surface area contributed by atoms with E-state index in [0.717, 1.165) is 22.9 Å². The van der Waals surface area contributed by atoms with Crippen LogP contribution in [0.4, 0.5) is 5.69 Å². The number of carbonyl (C=O) groups is 1. The number of halogens is 1. The lowest BCUT2D eigenvalue weighted by Gasteiger charge is -2.05. The third kappa shape index (κ3) is 4.42. The van der Waals surface area contributed by atoms with Gasteiger partial charge in [-0.25, -0.2) is 0 Å². The van der Waals surface area contributed by atoms with Crippen LogP contribution in [-0.2, 0) is 4.79 Å². The van der Waals surface area contributed by atoms with E-state index in [1.54, 1.807) is 12.1 Å². The second-order valence-electron chi connectivity index (χ2n) is 5.38. The van der Waals surface area contributed by atoms with E-state index in [0.29, 0.717) is 22.4 Å². The number of thioether (sulfide) groups is 1. The van der Waals surface area contributed by atoms with Crippen LogP contribution in [0.15, 0.2) is 52.1 Å². The van der Waals surface area contributed by atoms with E-state index < -0.39 is 0 Å². The van der Waals surface area contributed by atoms with E-state index in [2.05, 4.69) is 15.5 Å². The van der Waals surface area contributed by atoms with Crippen LogP contribution in [0.3, 0.4) is 0 Å². The van der Waals surface area contributed by atoms with Crippen molar-refractivity contribution < 1.29 is 9.21 Å². The summed E-state index contributed by atoms with van der Waals surface area (Å²) in [5, 5.41) is 20.1. The maximum Gasteiger partial charge on any atom is 0.277 e. The lowest BCUT2D eigenvalue weighted by atomic mass is 10.1. The molecule has 0 atom stereocenters. The largest absolute Gasteiger partial charge is 0.411 e. The fourth-order valence-electron chi connectivity index (χ4n) is 2.09. The number of aryl methyl sites for hydroxylation is 1. The van der Waals surface area contributed by atoms with Gasteiger partial charge in [0.15, 0.2) is 0 Å². The Bertz CT molecular complexity index is 980. The van der Waals surface area contributed by atoms with Crippen molar-refractivity contribution in [2.75, 3.05) is 11.1 Å². The Kier molecular flexibility index (Phi) is 5.56. The molecule has 130 valence electrons. The molecule has 0 saturated heterocycles. The van der Waals surface area contributed by atoms with E-state index in [9.17, 15) is 4.79 Å². The Morgan fingerprint density at radius 1 is 1.27 bits per heavy atom. The maximum absolute atomic E-state index is 12.0. The third-order valence-electron chi connectivity index (χ3n) is 3.41. The number of nitriles is 1. The third-order valence-corrected chi connectivity index (χ3v) is 4.54. The van der Waals surface area contributed by atoms with Crippen molar-refractivity contribution in [2.45, 2.75) is 12.1 Å². The molecule has 0 saturated carbocycles. The summed E-state index contributed by atoms with van der Waals surface area (Å²) < 4.78 is 5.56. The first-order chi connectivity index (χ1) is 12.5. The molecule has 1 heterocycles. The van der Waals surface area contributed by atoms with E-state index in [4.69, 9.17) is 21.3 Å². The number of hydrogen-bond acceptors (Lipinski definition) is 6. The van der Waals surface area contributed by atoms with Gasteiger partial charge in [-0.2, -0.15) is 5.26 Å². The van der Waals surface area contributed by atoms with Gasteiger partial charge in [-0.15, -0.1) is 10.2 Å². The van der Waals surface area contributed by atoms with E-state index in [1.165, 1.54) is 6.07 Å². The van der Waals surface area contributed by atoms with Gasteiger partial charge >= 0.3 is 0 Å². The van der Waals surface area contributed by atoms with E-state index >= 15 is 0 Å². The lowest BCUT2D eigenvalue weighted by Crippen LogP contribution is -2.14. The Hall–Kier alpha value is -2.82. The molecule has 8 heteroatoms. The molecule has 0 aliphatic carbocycles. The predicted molar refractivity (Wildman–Crippen MR) is 100.0 cm³/mol. The molecule has 2 aromatic carbocycles. The molecule has 1 amide bonds. The topological polar surface area (TPSA) is 91.8 Å². The van der Waals surface area contributed by atoms with Crippen LogP contribution < -0.4 is 5.32 Å². The van der Waals surface area contributed by atoms with Gasteiger partial charge < -0.3 is 9.73 Å². The smallest absolute Gasteiger partial charge is 0.277 e. The van der Waals surface area contributed by atoms with Gasteiger partial charge in [-0.05, 0) is 37.3 Å². The number of aromatic nitrogens is 2. The summed E-state index contributed by atoms with van der Waals surface area (Å²) in [6.07, 6.45) is 0. The summed E-state index contributed by atoms with van der Waals surface area (Å²) in [5.74, 6) is 0.269. The fourth-order valence-corrected chi connectivity index (χ4v) is 2.87.